The summed E-state index contributed by atoms with van der Waals surface area (Å²) in [6, 6.07) is 1.79. The Labute approximate surface area is 119 Å². The molecule has 0 N–H and O–H groups in total. The zero-order valence-electron chi connectivity index (χ0n) is 13.0. The highest BCUT2D eigenvalue weighted by Crippen LogP contribution is 2.35. The van der Waals surface area contributed by atoms with Crippen molar-refractivity contribution >= 4 is 0 Å². The second kappa shape index (κ2) is 6.13. The third kappa shape index (κ3) is 3.00. The van der Waals surface area contributed by atoms with E-state index >= 15 is 0 Å². The Bertz CT molecular complexity index is 289. The molecule has 3 unspecified atom stereocenters. The summed E-state index contributed by atoms with van der Waals surface area (Å²) in [6.45, 7) is 10.3. The lowest BCUT2D eigenvalue weighted by Gasteiger charge is -2.50. The SMILES string of the molecule is CC(C)C1CCCCC1N1CCN2CCCCC2C1. The summed E-state index contributed by atoms with van der Waals surface area (Å²) in [4.78, 5) is 5.66. The van der Waals surface area contributed by atoms with E-state index in [9.17, 15) is 0 Å². The Morgan fingerprint density at radius 2 is 1.53 bits per heavy atom. The second-order valence-corrected chi connectivity index (χ2v) is 7.44. The van der Waals surface area contributed by atoms with E-state index in [-0.39, 0.29) is 0 Å². The normalized spacial score (nSPS) is 38.4. The molecule has 0 radical (unpaired) electrons. The predicted molar refractivity (Wildman–Crippen MR) is 81.4 cm³/mol. The van der Waals surface area contributed by atoms with Gasteiger partial charge in [-0.15, -0.1) is 0 Å². The van der Waals surface area contributed by atoms with Crippen molar-refractivity contribution in [1.29, 1.82) is 0 Å². The van der Waals surface area contributed by atoms with Gasteiger partial charge in [-0.05, 0) is 44.1 Å². The summed E-state index contributed by atoms with van der Waals surface area (Å²) in [6.07, 6.45) is 10.3. The van der Waals surface area contributed by atoms with Crippen LogP contribution >= 0.6 is 0 Å². The van der Waals surface area contributed by atoms with E-state index in [1.807, 2.05) is 0 Å². The van der Waals surface area contributed by atoms with Crippen LogP contribution in [0.25, 0.3) is 0 Å². The Balaban J connectivity index is 1.64. The molecular weight excluding hydrogens is 232 g/mol. The van der Waals surface area contributed by atoms with E-state index in [1.165, 1.54) is 71.1 Å². The van der Waals surface area contributed by atoms with Crippen LogP contribution in [0.1, 0.15) is 58.8 Å². The van der Waals surface area contributed by atoms with Crippen LogP contribution in [-0.2, 0) is 0 Å². The third-order valence-corrected chi connectivity index (χ3v) is 5.98. The summed E-state index contributed by atoms with van der Waals surface area (Å²) in [7, 11) is 0. The van der Waals surface area contributed by atoms with Gasteiger partial charge in [0, 0.05) is 31.7 Å². The van der Waals surface area contributed by atoms with Gasteiger partial charge in [0.25, 0.3) is 0 Å². The maximum atomic E-state index is 2.89. The first-order valence-corrected chi connectivity index (χ1v) is 8.74. The van der Waals surface area contributed by atoms with Gasteiger partial charge in [-0.25, -0.2) is 0 Å². The molecule has 2 nitrogen and oxygen atoms in total. The van der Waals surface area contributed by atoms with Crippen molar-refractivity contribution in [3.8, 4) is 0 Å². The first-order chi connectivity index (χ1) is 9.25. The molecule has 3 rings (SSSR count). The van der Waals surface area contributed by atoms with Crippen LogP contribution in [-0.4, -0.2) is 48.1 Å². The summed E-state index contributed by atoms with van der Waals surface area (Å²) in [5, 5.41) is 0. The van der Waals surface area contributed by atoms with Crippen molar-refractivity contribution in [2.24, 2.45) is 11.8 Å². The molecule has 19 heavy (non-hydrogen) atoms. The molecule has 0 amide bonds. The van der Waals surface area contributed by atoms with E-state index < -0.39 is 0 Å². The molecule has 1 saturated carbocycles. The number of piperazine rings is 1. The summed E-state index contributed by atoms with van der Waals surface area (Å²) >= 11 is 0. The van der Waals surface area contributed by atoms with Gasteiger partial charge in [0.2, 0.25) is 0 Å². The minimum absolute atomic E-state index is 0.870. The van der Waals surface area contributed by atoms with E-state index in [0.29, 0.717) is 0 Å². The fraction of sp³-hybridized carbons (Fsp3) is 1.00. The van der Waals surface area contributed by atoms with Crippen molar-refractivity contribution in [2.45, 2.75) is 70.9 Å². The van der Waals surface area contributed by atoms with Crippen LogP contribution in [0.2, 0.25) is 0 Å². The fourth-order valence-corrected chi connectivity index (χ4v) is 4.85. The van der Waals surface area contributed by atoms with E-state index in [1.54, 1.807) is 0 Å². The van der Waals surface area contributed by atoms with Crippen molar-refractivity contribution in [1.82, 2.24) is 9.80 Å². The molecular formula is C17H32N2. The highest BCUT2D eigenvalue weighted by atomic mass is 15.3. The largest absolute Gasteiger partial charge is 0.298 e. The van der Waals surface area contributed by atoms with E-state index in [0.717, 1.165) is 23.9 Å². The van der Waals surface area contributed by atoms with Crippen molar-refractivity contribution < 1.29 is 0 Å². The molecule has 0 aromatic heterocycles. The topological polar surface area (TPSA) is 6.48 Å². The maximum Gasteiger partial charge on any atom is 0.0223 e. The Kier molecular flexibility index (Phi) is 4.48. The molecule has 0 aromatic rings. The zero-order chi connectivity index (χ0) is 13.2. The molecule has 2 heterocycles. The van der Waals surface area contributed by atoms with Gasteiger partial charge in [-0.1, -0.05) is 33.1 Å². The van der Waals surface area contributed by atoms with E-state index in [4.69, 9.17) is 0 Å². The van der Waals surface area contributed by atoms with Crippen LogP contribution in [0, 0.1) is 11.8 Å². The van der Waals surface area contributed by atoms with Crippen LogP contribution in [0.4, 0.5) is 0 Å². The van der Waals surface area contributed by atoms with Gasteiger partial charge in [0.05, 0.1) is 0 Å². The Morgan fingerprint density at radius 1 is 0.789 bits per heavy atom. The molecule has 2 saturated heterocycles. The highest BCUT2D eigenvalue weighted by molar-refractivity contribution is 4.92. The van der Waals surface area contributed by atoms with Gasteiger partial charge >= 0.3 is 0 Å². The Hall–Kier alpha value is -0.0800. The zero-order valence-corrected chi connectivity index (χ0v) is 13.0. The standard InChI is InChI=1S/C17H32N2/c1-14(2)16-8-3-4-9-17(16)19-12-11-18-10-6-5-7-15(18)13-19/h14-17H,3-13H2,1-2H3. The quantitative estimate of drug-likeness (QED) is 0.754. The monoisotopic (exact) mass is 264 g/mol. The van der Waals surface area contributed by atoms with Gasteiger partial charge < -0.3 is 0 Å². The molecule has 0 aromatic carbocycles. The highest BCUT2D eigenvalue weighted by Gasteiger charge is 2.36. The smallest absolute Gasteiger partial charge is 0.0223 e. The molecule has 3 atom stereocenters. The molecule has 0 spiro atoms. The molecule has 3 aliphatic rings. The summed E-state index contributed by atoms with van der Waals surface area (Å²) in [5.74, 6) is 1.83. The minimum Gasteiger partial charge on any atom is -0.298 e. The number of piperidine rings is 1. The van der Waals surface area contributed by atoms with Crippen molar-refractivity contribution in [3.63, 3.8) is 0 Å². The van der Waals surface area contributed by atoms with Gasteiger partial charge in [-0.2, -0.15) is 0 Å². The molecule has 0 bridgehead atoms. The van der Waals surface area contributed by atoms with Crippen LogP contribution in [0.5, 0.6) is 0 Å². The van der Waals surface area contributed by atoms with Gasteiger partial charge in [0.1, 0.15) is 0 Å². The lowest BCUT2D eigenvalue weighted by atomic mass is 9.76. The molecule has 3 fully saturated rings. The summed E-state index contributed by atoms with van der Waals surface area (Å²) < 4.78 is 0. The van der Waals surface area contributed by atoms with Crippen LogP contribution < -0.4 is 0 Å². The molecule has 110 valence electrons. The predicted octanol–water partition coefficient (Wildman–Crippen LogP) is 3.37. The first kappa shape index (κ1) is 13.9. The molecule has 1 aliphatic carbocycles. The maximum absolute atomic E-state index is 2.89. The Morgan fingerprint density at radius 3 is 2.37 bits per heavy atom. The average Bonchev–Trinajstić information content (AvgIpc) is 2.46. The van der Waals surface area contributed by atoms with Crippen LogP contribution in [0.3, 0.4) is 0 Å². The van der Waals surface area contributed by atoms with Gasteiger partial charge in [0.15, 0.2) is 0 Å². The van der Waals surface area contributed by atoms with Gasteiger partial charge in [-0.3, -0.25) is 9.80 Å². The van der Waals surface area contributed by atoms with E-state index in [2.05, 4.69) is 23.6 Å². The first-order valence-electron chi connectivity index (χ1n) is 8.74. The third-order valence-electron chi connectivity index (χ3n) is 5.98. The lowest BCUT2D eigenvalue weighted by Crippen LogP contribution is -2.59. The van der Waals surface area contributed by atoms with Crippen molar-refractivity contribution in [2.75, 3.05) is 26.2 Å². The average molecular weight is 264 g/mol. The minimum atomic E-state index is 0.870. The number of rotatable bonds is 2. The number of hydrogen-bond donors (Lipinski definition) is 0. The number of nitrogens with zero attached hydrogens (tertiary/aromatic N) is 2. The number of fused-ring (bicyclic) bond motifs is 1. The molecule has 2 heteroatoms. The molecule has 2 aliphatic heterocycles. The van der Waals surface area contributed by atoms with Crippen molar-refractivity contribution in [3.05, 3.63) is 0 Å². The second-order valence-electron chi connectivity index (χ2n) is 7.44. The number of hydrogen-bond acceptors (Lipinski definition) is 2. The lowest BCUT2D eigenvalue weighted by molar-refractivity contribution is -0.00676. The van der Waals surface area contributed by atoms with Crippen LogP contribution in [0.15, 0.2) is 0 Å². The fourth-order valence-electron chi connectivity index (χ4n) is 4.85. The summed E-state index contributed by atoms with van der Waals surface area (Å²) in [5.41, 5.74) is 0.